The van der Waals surface area contributed by atoms with Gasteiger partial charge in [-0.1, -0.05) is 29.3 Å². The predicted molar refractivity (Wildman–Crippen MR) is 149 cm³/mol. The van der Waals surface area contributed by atoms with Gasteiger partial charge in [-0.2, -0.15) is 4.31 Å². The number of nitrogens with zero attached hydrogens (tertiary/aromatic N) is 2. The lowest BCUT2D eigenvalue weighted by Gasteiger charge is -2.39. The molecule has 0 saturated heterocycles. The van der Waals surface area contributed by atoms with Crippen LogP contribution in [0.15, 0.2) is 58.8 Å². The van der Waals surface area contributed by atoms with Crippen LogP contribution in [0.25, 0.3) is 0 Å². The van der Waals surface area contributed by atoms with Crippen LogP contribution >= 0.6 is 22.9 Å². The van der Waals surface area contributed by atoms with Crippen molar-refractivity contribution in [3.63, 3.8) is 0 Å². The van der Waals surface area contributed by atoms with Crippen LogP contribution < -0.4 is 4.74 Å². The van der Waals surface area contributed by atoms with Crippen molar-refractivity contribution in [1.82, 2.24) is 9.21 Å². The highest BCUT2D eigenvalue weighted by atomic mass is 35.5. The third kappa shape index (κ3) is 6.03. The van der Waals surface area contributed by atoms with Crippen LogP contribution in [-0.4, -0.2) is 48.8 Å². The van der Waals surface area contributed by atoms with E-state index in [2.05, 4.69) is 0 Å². The van der Waals surface area contributed by atoms with E-state index in [1.807, 2.05) is 58.2 Å². The van der Waals surface area contributed by atoms with Crippen LogP contribution in [-0.2, 0) is 21.2 Å². The van der Waals surface area contributed by atoms with Crippen LogP contribution in [0, 0.1) is 13.8 Å². The lowest BCUT2D eigenvalue weighted by Crippen LogP contribution is -2.52. The van der Waals surface area contributed by atoms with E-state index in [1.54, 1.807) is 46.6 Å². The molecule has 1 aromatic heterocycles. The number of aryl methyl sites for hydroxylation is 2. The Hall–Kier alpha value is -2.39. The number of hydrogen-bond acceptors (Lipinski definition) is 5. The van der Waals surface area contributed by atoms with E-state index in [4.69, 9.17) is 16.3 Å². The fourth-order valence-corrected chi connectivity index (χ4v) is 7.27. The minimum absolute atomic E-state index is 0.178. The molecule has 6 nitrogen and oxygen atoms in total. The third-order valence-corrected chi connectivity index (χ3v) is 10.1. The molecule has 1 unspecified atom stereocenters. The van der Waals surface area contributed by atoms with Crippen molar-refractivity contribution < 1.29 is 17.9 Å². The number of thiophene rings is 1. The maximum Gasteiger partial charge on any atom is 0.244 e. The highest BCUT2D eigenvalue weighted by molar-refractivity contribution is 7.89. The molecule has 0 radical (unpaired) electrons. The van der Waals surface area contributed by atoms with Gasteiger partial charge < -0.3 is 9.64 Å². The monoisotopic (exact) mass is 560 g/mol. The van der Waals surface area contributed by atoms with Crippen LogP contribution in [0.3, 0.4) is 0 Å². The second-order valence-electron chi connectivity index (χ2n) is 10.4. The summed E-state index contributed by atoms with van der Waals surface area (Å²) in [5.74, 6) is 0.429. The molecule has 0 spiro atoms. The van der Waals surface area contributed by atoms with Crippen molar-refractivity contribution >= 4 is 38.9 Å². The summed E-state index contributed by atoms with van der Waals surface area (Å²) in [6, 6.07) is 13.9. The van der Waals surface area contributed by atoms with E-state index in [1.165, 1.54) is 9.18 Å². The SMILES string of the molecule is Cc1ccc(S(=O)(=O)N(CC(=O)N2CCc3sccc3C2COc2ccc(Cl)c(C)c2)C(C)(C)C)cc1. The van der Waals surface area contributed by atoms with Gasteiger partial charge in [0.25, 0.3) is 0 Å². The molecule has 0 aliphatic carbocycles. The molecule has 37 heavy (non-hydrogen) atoms. The largest absolute Gasteiger partial charge is 0.491 e. The summed E-state index contributed by atoms with van der Waals surface area (Å²) in [5, 5.41) is 2.69. The minimum Gasteiger partial charge on any atom is -0.491 e. The zero-order valence-electron chi connectivity index (χ0n) is 21.8. The average molecular weight is 561 g/mol. The average Bonchev–Trinajstić information content (AvgIpc) is 3.31. The number of halogens is 1. The van der Waals surface area contributed by atoms with E-state index in [9.17, 15) is 13.2 Å². The normalized spacial score (nSPS) is 16.1. The summed E-state index contributed by atoms with van der Waals surface area (Å²) in [6.45, 7) is 9.76. The van der Waals surface area contributed by atoms with Crippen molar-refractivity contribution in [2.45, 2.75) is 57.5 Å². The lowest BCUT2D eigenvalue weighted by molar-refractivity contribution is -0.135. The van der Waals surface area contributed by atoms with E-state index in [0.717, 1.165) is 23.1 Å². The smallest absolute Gasteiger partial charge is 0.244 e. The second-order valence-corrected chi connectivity index (χ2v) is 13.6. The van der Waals surface area contributed by atoms with Crippen LogP contribution in [0.4, 0.5) is 0 Å². The molecule has 0 N–H and O–H groups in total. The Bertz CT molecular complexity index is 1380. The van der Waals surface area contributed by atoms with E-state index >= 15 is 0 Å². The summed E-state index contributed by atoms with van der Waals surface area (Å²) in [7, 11) is -3.90. The number of carbonyl (C=O) groups is 1. The molecule has 1 atom stereocenters. The number of carbonyl (C=O) groups excluding carboxylic acids is 1. The first-order valence-electron chi connectivity index (χ1n) is 12.2. The number of amides is 1. The summed E-state index contributed by atoms with van der Waals surface area (Å²) in [5.41, 5.74) is 2.14. The second kappa shape index (κ2) is 10.8. The van der Waals surface area contributed by atoms with Gasteiger partial charge in [-0.25, -0.2) is 8.42 Å². The molecule has 1 aliphatic heterocycles. The predicted octanol–water partition coefficient (Wildman–Crippen LogP) is 6.01. The molecule has 2 heterocycles. The maximum atomic E-state index is 13.8. The number of benzene rings is 2. The highest BCUT2D eigenvalue weighted by Crippen LogP contribution is 2.35. The minimum atomic E-state index is -3.90. The molecule has 4 rings (SSSR count). The molecular formula is C28H33ClN2O4S2. The Kier molecular flexibility index (Phi) is 8.04. The Morgan fingerprint density at radius 2 is 1.84 bits per heavy atom. The first-order valence-corrected chi connectivity index (χ1v) is 14.9. The Morgan fingerprint density at radius 3 is 2.49 bits per heavy atom. The molecule has 1 amide bonds. The number of ether oxygens (including phenoxy) is 1. The van der Waals surface area contributed by atoms with Crippen LogP contribution in [0.1, 0.15) is 48.4 Å². The summed E-state index contributed by atoms with van der Waals surface area (Å²) >= 11 is 7.83. The van der Waals surface area contributed by atoms with Crippen LogP contribution in [0.5, 0.6) is 5.75 Å². The van der Waals surface area contributed by atoms with Gasteiger partial charge in [-0.05, 0) is 93.9 Å². The fourth-order valence-electron chi connectivity index (χ4n) is 4.49. The first kappa shape index (κ1) is 27.6. The zero-order chi connectivity index (χ0) is 27.0. The van der Waals surface area contributed by atoms with Gasteiger partial charge in [-0.3, -0.25) is 4.79 Å². The van der Waals surface area contributed by atoms with Crippen molar-refractivity contribution in [3.8, 4) is 5.75 Å². The molecule has 198 valence electrons. The lowest BCUT2D eigenvalue weighted by atomic mass is 10.00. The van der Waals surface area contributed by atoms with Gasteiger partial charge >= 0.3 is 0 Å². The Labute approximate surface area is 228 Å². The fraction of sp³-hybridized carbons (Fsp3) is 0.393. The zero-order valence-corrected chi connectivity index (χ0v) is 24.2. The van der Waals surface area contributed by atoms with Crippen molar-refractivity contribution in [2.24, 2.45) is 0 Å². The maximum absolute atomic E-state index is 13.8. The number of fused-ring (bicyclic) bond motifs is 1. The number of rotatable bonds is 7. The molecule has 3 aromatic rings. The highest BCUT2D eigenvalue weighted by Gasteiger charge is 2.39. The number of sulfonamides is 1. The van der Waals surface area contributed by atoms with E-state index in [0.29, 0.717) is 17.3 Å². The first-order chi connectivity index (χ1) is 17.4. The quantitative estimate of drug-likeness (QED) is 0.355. The van der Waals surface area contributed by atoms with Gasteiger partial charge in [0.15, 0.2) is 0 Å². The standard InChI is InChI=1S/C28H33ClN2O4S2/c1-19-6-9-22(10-7-19)37(33,34)31(28(3,4)5)17-27(32)30-14-12-26-23(13-15-36-26)25(30)18-35-21-8-11-24(29)20(2)16-21/h6-11,13,15-16,25H,12,14,17-18H2,1-5H3. The molecular weight excluding hydrogens is 528 g/mol. The molecule has 9 heteroatoms. The van der Waals surface area contributed by atoms with Gasteiger partial charge in [0.1, 0.15) is 12.4 Å². The Morgan fingerprint density at radius 1 is 1.14 bits per heavy atom. The summed E-state index contributed by atoms with van der Waals surface area (Å²) in [6.07, 6.45) is 0.732. The van der Waals surface area contributed by atoms with E-state index in [-0.39, 0.29) is 30.0 Å². The summed E-state index contributed by atoms with van der Waals surface area (Å²) in [4.78, 5) is 17.0. The Balaban J connectivity index is 1.60. The van der Waals surface area contributed by atoms with Crippen molar-refractivity contribution in [1.29, 1.82) is 0 Å². The molecule has 0 bridgehead atoms. The van der Waals surface area contributed by atoms with Crippen LogP contribution in [0.2, 0.25) is 5.02 Å². The van der Waals surface area contributed by atoms with E-state index < -0.39 is 15.6 Å². The van der Waals surface area contributed by atoms with Gasteiger partial charge in [-0.15, -0.1) is 11.3 Å². The molecule has 1 aliphatic rings. The summed E-state index contributed by atoms with van der Waals surface area (Å²) < 4.78 is 34.7. The number of hydrogen-bond donors (Lipinski definition) is 0. The molecule has 2 aromatic carbocycles. The third-order valence-electron chi connectivity index (χ3n) is 6.59. The molecule has 0 fully saturated rings. The topological polar surface area (TPSA) is 66.9 Å². The van der Waals surface area contributed by atoms with Crippen molar-refractivity contribution in [2.75, 3.05) is 19.7 Å². The van der Waals surface area contributed by atoms with Crippen molar-refractivity contribution in [3.05, 3.63) is 80.5 Å². The molecule has 0 saturated carbocycles. The van der Waals surface area contributed by atoms with Gasteiger partial charge in [0.2, 0.25) is 15.9 Å². The van der Waals surface area contributed by atoms with Gasteiger partial charge in [0.05, 0.1) is 17.5 Å². The van der Waals surface area contributed by atoms with Gasteiger partial charge in [0, 0.05) is 22.0 Å².